The van der Waals surface area contributed by atoms with Crippen LogP contribution >= 0.6 is 11.6 Å². The third-order valence-corrected chi connectivity index (χ3v) is 3.64. The first kappa shape index (κ1) is 16.3. The molecular weight excluding hydrogens is 305 g/mol. The van der Waals surface area contributed by atoms with Gasteiger partial charge in [-0.05, 0) is 62.2 Å². The molecule has 1 amide bonds. The topological polar surface area (TPSA) is 38.3 Å². The summed E-state index contributed by atoms with van der Waals surface area (Å²) in [7, 11) is 0. The molecule has 2 aromatic carbocycles. The molecule has 0 fully saturated rings. The van der Waals surface area contributed by atoms with Crippen molar-refractivity contribution in [1.82, 2.24) is 0 Å². The van der Waals surface area contributed by atoms with Crippen LogP contribution in [0.3, 0.4) is 0 Å². The molecule has 0 aliphatic rings. The number of ether oxygens (including phenoxy) is 1. The Bertz CT molecular complexity index is 703. The van der Waals surface area contributed by atoms with Crippen LogP contribution in [0.4, 0.5) is 10.1 Å². The Labute approximate surface area is 134 Å². The fourth-order valence-corrected chi connectivity index (χ4v) is 2.04. The lowest BCUT2D eigenvalue weighted by Crippen LogP contribution is -2.30. The van der Waals surface area contributed by atoms with Crippen LogP contribution in [-0.2, 0) is 4.79 Å². The maximum atomic E-state index is 13.1. The molecule has 0 unspecified atom stereocenters. The highest BCUT2D eigenvalue weighted by molar-refractivity contribution is 6.31. The first-order chi connectivity index (χ1) is 10.4. The molecule has 1 N–H and O–H groups in total. The van der Waals surface area contributed by atoms with Gasteiger partial charge in [-0.2, -0.15) is 0 Å². The fraction of sp³-hybridized carbons (Fsp3) is 0.235. The molecule has 1 atom stereocenters. The van der Waals surface area contributed by atoms with E-state index in [9.17, 15) is 9.18 Å². The summed E-state index contributed by atoms with van der Waals surface area (Å²) in [5.74, 6) is -0.233. The molecule has 0 heterocycles. The molecule has 2 aromatic rings. The van der Waals surface area contributed by atoms with Crippen molar-refractivity contribution in [3.63, 3.8) is 0 Å². The molecule has 0 spiro atoms. The van der Waals surface area contributed by atoms with E-state index in [1.807, 2.05) is 32.0 Å². The number of amides is 1. The van der Waals surface area contributed by atoms with Crippen molar-refractivity contribution in [2.75, 3.05) is 5.32 Å². The van der Waals surface area contributed by atoms with Crippen molar-refractivity contribution in [2.24, 2.45) is 0 Å². The lowest BCUT2D eigenvalue weighted by atomic mass is 10.1. The molecule has 0 aliphatic heterocycles. The molecule has 116 valence electrons. The van der Waals surface area contributed by atoms with Crippen LogP contribution in [0.5, 0.6) is 5.75 Å². The van der Waals surface area contributed by atoms with Crippen molar-refractivity contribution < 1.29 is 13.9 Å². The zero-order chi connectivity index (χ0) is 16.3. The van der Waals surface area contributed by atoms with E-state index in [4.69, 9.17) is 16.3 Å². The van der Waals surface area contributed by atoms with Crippen LogP contribution in [0.15, 0.2) is 36.4 Å². The standard InChI is InChI=1S/C17H17ClFNO2/c1-10-4-6-14(8-11(10)2)22-12(3)17(21)20-13-5-7-16(19)15(18)9-13/h4-9,12H,1-3H3,(H,20,21)/t12-/m1/s1. The van der Waals surface area contributed by atoms with Gasteiger partial charge in [-0.15, -0.1) is 0 Å². The van der Waals surface area contributed by atoms with E-state index < -0.39 is 11.9 Å². The van der Waals surface area contributed by atoms with E-state index in [0.717, 1.165) is 11.1 Å². The molecule has 0 bridgehead atoms. The average molecular weight is 322 g/mol. The molecule has 5 heteroatoms. The molecule has 22 heavy (non-hydrogen) atoms. The van der Waals surface area contributed by atoms with Crippen molar-refractivity contribution in [3.05, 3.63) is 58.4 Å². The Kier molecular flexibility index (Phi) is 5.03. The summed E-state index contributed by atoms with van der Waals surface area (Å²) in [4.78, 5) is 12.1. The molecule has 0 aliphatic carbocycles. The summed E-state index contributed by atoms with van der Waals surface area (Å²) in [6, 6.07) is 9.65. The van der Waals surface area contributed by atoms with Gasteiger partial charge in [0.05, 0.1) is 5.02 Å². The van der Waals surface area contributed by atoms with Crippen LogP contribution in [-0.4, -0.2) is 12.0 Å². The second kappa shape index (κ2) is 6.79. The number of aryl methyl sites for hydroxylation is 2. The van der Waals surface area contributed by atoms with Gasteiger partial charge in [0.2, 0.25) is 0 Å². The van der Waals surface area contributed by atoms with E-state index >= 15 is 0 Å². The van der Waals surface area contributed by atoms with Crippen LogP contribution in [0.25, 0.3) is 0 Å². The quantitative estimate of drug-likeness (QED) is 0.900. The second-order valence-electron chi connectivity index (χ2n) is 5.12. The Hall–Kier alpha value is -2.07. The maximum Gasteiger partial charge on any atom is 0.265 e. The predicted molar refractivity (Wildman–Crippen MR) is 86.0 cm³/mol. The summed E-state index contributed by atoms with van der Waals surface area (Å²) in [5, 5.41) is 2.60. The monoisotopic (exact) mass is 321 g/mol. The summed E-state index contributed by atoms with van der Waals surface area (Å²) < 4.78 is 18.7. The van der Waals surface area contributed by atoms with Gasteiger partial charge >= 0.3 is 0 Å². The van der Waals surface area contributed by atoms with Crippen LogP contribution in [0, 0.1) is 19.7 Å². The lowest BCUT2D eigenvalue weighted by Gasteiger charge is -2.15. The van der Waals surface area contributed by atoms with Gasteiger partial charge in [-0.1, -0.05) is 17.7 Å². The highest BCUT2D eigenvalue weighted by Crippen LogP contribution is 2.21. The van der Waals surface area contributed by atoms with Gasteiger partial charge in [0, 0.05) is 5.69 Å². The number of carbonyl (C=O) groups is 1. The third-order valence-electron chi connectivity index (χ3n) is 3.35. The number of nitrogens with one attached hydrogen (secondary N) is 1. The molecule has 0 saturated heterocycles. The highest BCUT2D eigenvalue weighted by atomic mass is 35.5. The van der Waals surface area contributed by atoms with E-state index in [0.29, 0.717) is 11.4 Å². The maximum absolute atomic E-state index is 13.1. The number of halogens is 2. The first-order valence-electron chi connectivity index (χ1n) is 6.86. The van der Waals surface area contributed by atoms with Crippen molar-refractivity contribution in [1.29, 1.82) is 0 Å². The van der Waals surface area contributed by atoms with Gasteiger partial charge in [0.1, 0.15) is 11.6 Å². The molecule has 3 nitrogen and oxygen atoms in total. The summed E-state index contributed by atoms with van der Waals surface area (Å²) >= 11 is 5.68. The van der Waals surface area contributed by atoms with Crippen LogP contribution in [0.2, 0.25) is 5.02 Å². The minimum atomic E-state index is -0.689. The van der Waals surface area contributed by atoms with E-state index in [1.165, 1.54) is 18.2 Å². The minimum Gasteiger partial charge on any atom is -0.481 e. The van der Waals surface area contributed by atoms with Gasteiger partial charge in [-0.3, -0.25) is 4.79 Å². The summed E-state index contributed by atoms with van der Waals surface area (Å²) in [5.41, 5.74) is 2.67. The van der Waals surface area contributed by atoms with Crippen molar-refractivity contribution >= 4 is 23.2 Å². The smallest absolute Gasteiger partial charge is 0.265 e. The molecule has 0 aromatic heterocycles. The van der Waals surface area contributed by atoms with Gasteiger partial charge in [0.15, 0.2) is 6.10 Å². The van der Waals surface area contributed by atoms with E-state index in [-0.39, 0.29) is 10.9 Å². The average Bonchev–Trinajstić information content (AvgIpc) is 2.46. The number of benzene rings is 2. The van der Waals surface area contributed by atoms with E-state index in [1.54, 1.807) is 6.92 Å². The molecule has 0 radical (unpaired) electrons. The SMILES string of the molecule is Cc1ccc(O[C@H](C)C(=O)Nc2ccc(F)c(Cl)c2)cc1C. The third kappa shape index (κ3) is 3.98. The lowest BCUT2D eigenvalue weighted by molar-refractivity contribution is -0.122. The van der Waals surface area contributed by atoms with Crippen LogP contribution in [0.1, 0.15) is 18.1 Å². The Balaban J connectivity index is 2.02. The zero-order valence-corrected chi connectivity index (χ0v) is 13.4. The highest BCUT2D eigenvalue weighted by Gasteiger charge is 2.15. The molecule has 2 rings (SSSR count). The Morgan fingerprint density at radius 1 is 1.18 bits per heavy atom. The summed E-state index contributed by atoms with van der Waals surface area (Å²) in [6.45, 7) is 5.64. The van der Waals surface area contributed by atoms with Crippen LogP contribution < -0.4 is 10.1 Å². The number of rotatable bonds is 4. The van der Waals surface area contributed by atoms with E-state index in [2.05, 4.69) is 5.32 Å². The largest absolute Gasteiger partial charge is 0.481 e. The first-order valence-corrected chi connectivity index (χ1v) is 7.24. The second-order valence-corrected chi connectivity index (χ2v) is 5.53. The van der Waals surface area contributed by atoms with Gasteiger partial charge in [-0.25, -0.2) is 4.39 Å². The number of anilines is 1. The van der Waals surface area contributed by atoms with Gasteiger partial charge in [0.25, 0.3) is 5.91 Å². The number of hydrogen-bond acceptors (Lipinski definition) is 2. The fourth-order valence-electron chi connectivity index (χ4n) is 1.86. The van der Waals surface area contributed by atoms with Gasteiger partial charge < -0.3 is 10.1 Å². The normalized spacial score (nSPS) is 11.9. The summed E-state index contributed by atoms with van der Waals surface area (Å²) in [6.07, 6.45) is -0.689. The number of carbonyl (C=O) groups excluding carboxylic acids is 1. The van der Waals surface area contributed by atoms with Crippen molar-refractivity contribution in [3.8, 4) is 5.75 Å². The predicted octanol–water partition coefficient (Wildman–Crippen LogP) is 4.50. The Morgan fingerprint density at radius 3 is 2.55 bits per heavy atom. The van der Waals surface area contributed by atoms with Crippen molar-refractivity contribution in [2.45, 2.75) is 26.9 Å². The zero-order valence-electron chi connectivity index (χ0n) is 12.6. The minimum absolute atomic E-state index is 0.0412. The molecule has 0 saturated carbocycles. The Morgan fingerprint density at radius 2 is 1.91 bits per heavy atom. The molecular formula is C17H17ClFNO2. The number of hydrogen-bond donors (Lipinski definition) is 1.